The summed E-state index contributed by atoms with van der Waals surface area (Å²) in [7, 11) is 3.05. The zero-order chi connectivity index (χ0) is 20.7. The third-order valence-electron chi connectivity index (χ3n) is 4.40. The highest BCUT2D eigenvalue weighted by Crippen LogP contribution is 2.37. The van der Waals surface area contributed by atoms with E-state index in [0.29, 0.717) is 28.2 Å². The molecule has 0 N–H and O–H groups in total. The maximum atomic E-state index is 13.6. The van der Waals surface area contributed by atoms with Crippen LogP contribution in [0.5, 0.6) is 11.5 Å². The zero-order valence-corrected chi connectivity index (χ0v) is 15.7. The van der Waals surface area contributed by atoms with Crippen molar-refractivity contribution in [3.05, 3.63) is 72.3 Å². The number of rotatable bonds is 9. The average Bonchev–Trinajstić information content (AvgIpc) is 2.71. The fraction of sp³-hybridized carbons (Fsp3) is 0.273. The lowest BCUT2D eigenvalue weighted by Gasteiger charge is -2.19. The van der Waals surface area contributed by atoms with E-state index in [-0.39, 0.29) is 6.42 Å². The molecule has 0 aromatic heterocycles. The van der Waals surface area contributed by atoms with Crippen molar-refractivity contribution in [3.63, 3.8) is 0 Å². The normalized spacial score (nSPS) is 12.5. The molecule has 0 heterocycles. The van der Waals surface area contributed by atoms with Crippen molar-refractivity contribution in [1.29, 1.82) is 0 Å². The molecular formula is C22H22F4O2. The van der Waals surface area contributed by atoms with Crippen molar-refractivity contribution >= 4 is 11.1 Å². The number of allylic oxidation sites excluding steroid dienone is 3. The van der Waals surface area contributed by atoms with Crippen LogP contribution in [0.25, 0.3) is 11.1 Å². The Labute approximate surface area is 162 Å². The molecule has 2 rings (SSSR count). The molecule has 0 bridgehead atoms. The second-order valence-corrected chi connectivity index (χ2v) is 6.12. The summed E-state index contributed by atoms with van der Waals surface area (Å²) in [6.07, 6.45) is -3.38. The maximum absolute atomic E-state index is 13.6. The second-order valence-electron chi connectivity index (χ2n) is 6.12. The minimum atomic E-state index is -4.07. The van der Waals surface area contributed by atoms with E-state index in [0.717, 1.165) is 5.56 Å². The molecule has 0 fully saturated rings. The van der Waals surface area contributed by atoms with Gasteiger partial charge in [0.05, 0.1) is 14.2 Å². The number of hydrogen-bond donors (Lipinski definition) is 0. The highest BCUT2D eigenvalue weighted by Gasteiger charge is 2.40. The molecule has 2 aromatic carbocycles. The third-order valence-corrected chi connectivity index (χ3v) is 4.40. The summed E-state index contributed by atoms with van der Waals surface area (Å²) in [5.74, 6) is -2.82. The largest absolute Gasteiger partial charge is 0.497 e. The first kappa shape index (κ1) is 21.5. The Balaban J connectivity index is 2.51. The van der Waals surface area contributed by atoms with Crippen LogP contribution in [0.1, 0.15) is 24.0 Å². The number of benzene rings is 2. The first-order valence-electron chi connectivity index (χ1n) is 8.62. The second kappa shape index (κ2) is 9.44. The van der Waals surface area contributed by atoms with Gasteiger partial charge in [0.15, 0.2) is 0 Å². The number of halogens is 4. The number of methoxy groups -OCH3 is 2. The fourth-order valence-corrected chi connectivity index (χ4v) is 2.81. The quantitative estimate of drug-likeness (QED) is 0.275. The van der Waals surface area contributed by atoms with E-state index in [9.17, 15) is 17.6 Å². The molecule has 0 saturated heterocycles. The Hall–Kier alpha value is -2.76. The lowest BCUT2D eigenvalue weighted by atomic mass is 9.90. The Kier molecular flexibility index (Phi) is 7.26. The Morgan fingerprint density at radius 3 is 1.79 bits per heavy atom. The molecule has 0 amide bonds. The van der Waals surface area contributed by atoms with Gasteiger partial charge in [0, 0.05) is 6.42 Å². The topological polar surface area (TPSA) is 18.5 Å². The van der Waals surface area contributed by atoms with Crippen molar-refractivity contribution < 1.29 is 27.0 Å². The highest BCUT2D eigenvalue weighted by molar-refractivity contribution is 5.95. The molecule has 0 aliphatic carbocycles. The zero-order valence-electron chi connectivity index (χ0n) is 15.7. The molecule has 0 spiro atoms. The summed E-state index contributed by atoms with van der Waals surface area (Å²) in [5, 5.41) is 0. The summed E-state index contributed by atoms with van der Waals surface area (Å²) >= 11 is 0. The fourth-order valence-electron chi connectivity index (χ4n) is 2.81. The lowest BCUT2D eigenvalue weighted by Crippen LogP contribution is -2.26. The molecule has 6 heteroatoms. The van der Waals surface area contributed by atoms with Gasteiger partial charge in [-0.3, -0.25) is 0 Å². The van der Waals surface area contributed by atoms with Gasteiger partial charge in [-0.1, -0.05) is 36.9 Å². The molecular weight excluding hydrogens is 372 g/mol. The van der Waals surface area contributed by atoms with Crippen molar-refractivity contribution in [1.82, 2.24) is 0 Å². The van der Waals surface area contributed by atoms with Crippen molar-refractivity contribution in [2.75, 3.05) is 14.2 Å². The van der Waals surface area contributed by atoms with Crippen molar-refractivity contribution in [3.8, 4) is 11.5 Å². The monoisotopic (exact) mass is 394 g/mol. The maximum Gasteiger partial charge on any atom is 0.307 e. The van der Waals surface area contributed by atoms with Gasteiger partial charge in [-0.05, 0) is 53.0 Å². The van der Waals surface area contributed by atoms with Crippen LogP contribution in [0.15, 0.2) is 61.2 Å². The summed E-state index contributed by atoms with van der Waals surface area (Å²) in [6, 6.07) is 13.8. The molecule has 0 aliphatic rings. The first-order chi connectivity index (χ1) is 13.3. The number of alkyl halides is 4. The van der Waals surface area contributed by atoms with E-state index in [1.54, 1.807) is 54.6 Å². The van der Waals surface area contributed by atoms with Gasteiger partial charge in [-0.25, -0.2) is 17.6 Å². The van der Waals surface area contributed by atoms with E-state index >= 15 is 0 Å². The van der Waals surface area contributed by atoms with Gasteiger partial charge in [0.25, 0.3) is 0 Å². The van der Waals surface area contributed by atoms with Crippen LogP contribution in [0, 0.1) is 0 Å². The lowest BCUT2D eigenvalue weighted by molar-refractivity contribution is -0.131. The Morgan fingerprint density at radius 1 is 0.929 bits per heavy atom. The third kappa shape index (κ3) is 5.15. The molecule has 0 atom stereocenters. The molecule has 0 radical (unpaired) electrons. The molecule has 0 unspecified atom stereocenters. The molecule has 2 aromatic rings. The van der Waals surface area contributed by atoms with Crippen LogP contribution in [0.4, 0.5) is 17.6 Å². The molecule has 28 heavy (non-hydrogen) atoms. The average molecular weight is 394 g/mol. The highest BCUT2D eigenvalue weighted by atomic mass is 19.3. The minimum Gasteiger partial charge on any atom is -0.497 e. The summed E-state index contributed by atoms with van der Waals surface area (Å²) in [5.41, 5.74) is 2.46. The summed E-state index contributed by atoms with van der Waals surface area (Å²) in [4.78, 5) is 0. The Morgan fingerprint density at radius 2 is 1.39 bits per heavy atom. The minimum absolute atomic E-state index is 0.239. The number of ether oxygens (including phenoxy) is 2. The molecule has 0 aliphatic heterocycles. The first-order valence-corrected chi connectivity index (χ1v) is 8.62. The van der Waals surface area contributed by atoms with Crippen LogP contribution in [-0.2, 0) is 0 Å². The van der Waals surface area contributed by atoms with Crippen LogP contribution in [0.3, 0.4) is 0 Å². The van der Waals surface area contributed by atoms with Gasteiger partial charge in [0.1, 0.15) is 11.5 Å². The van der Waals surface area contributed by atoms with Crippen LogP contribution < -0.4 is 9.47 Å². The van der Waals surface area contributed by atoms with Gasteiger partial charge in [-0.2, -0.15) is 0 Å². The van der Waals surface area contributed by atoms with Gasteiger partial charge in [0.2, 0.25) is 0 Å². The van der Waals surface area contributed by atoms with Gasteiger partial charge >= 0.3 is 12.3 Å². The Bertz CT molecular complexity index is 809. The van der Waals surface area contributed by atoms with E-state index in [1.165, 1.54) is 14.2 Å². The van der Waals surface area contributed by atoms with E-state index in [1.807, 2.05) is 0 Å². The van der Waals surface area contributed by atoms with E-state index < -0.39 is 18.8 Å². The van der Waals surface area contributed by atoms with Gasteiger partial charge < -0.3 is 9.47 Å². The summed E-state index contributed by atoms with van der Waals surface area (Å²) in [6.45, 7) is 3.79. The molecule has 150 valence electrons. The smallest absolute Gasteiger partial charge is 0.307 e. The van der Waals surface area contributed by atoms with Crippen molar-refractivity contribution in [2.45, 2.75) is 25.2 Å². The van der Waals surface area contributed by atoms with Gasteiger partial charge in [-0.15, -0.1) is 0 Å². The van der Waals surface area contributed by atoms with Crippen LogP contribution >= 0.6 is 0 Å². The standard InChI is InChI=1S/C22H22F4O2/c1-4-19(15-5-9-17(27-2)10-6-15)20(13-14-22(25,26)21(23)24)16-7-11-18(28-3)12-8-16/h4-12,21H,1,13-14H2,2-3H3/b20-19-. The summed E-state index contributed by atoms with van der Waals surface area (Å²) < 4.78 is 62.7. The molecule has 2 nitrogen and oxygen atoms in total. The van der Waals surface area contributed by atoms with E-state index in [4.69, 9.17) is 9.47 Å². The van der Waals surface area contributed by atoms with E-state index in [2.05, 4.69) is 6.58 Å². The van der Waals surface area contributed by atoms with Crippen LogP contribution in [0.2, 0.25) is 0 Å². The predicted octanol–water partition coefficient (Wildman–Crippen LogP) is 6.48. The number of hydrogen-bond acceptors (Lipinski definition) is 2. The van der Waals surface area contributed by atoms with Crippen LogP contribution in [-0.4, -0.2) is 26.6 Å². The SMILES string of the molecule is C=C/C(=C(\CCC(F)(F)C(F)F)c1ccc(OC)cc1)c1ccc(OC)cc1. The predicted molar refractivity (Wildman–Crippen MR) is 103 cm³/mol. The molecule has 0 saturated carbocycles. The van der Waals surface area contributed by atoms with Crippen molar-refractivity contribution in [2.24, 2.45) is 0 Å².